The van der Waals surface area contributed by atoms with Gasteiger partial charge < -0.3 is 20.7 Å². The summed E-state index contributed by atoms with van der Waals surface area (Å²) in [4.78, 5) is 8.73. The molecular weight excluding hydrogens is 362 g/mol. The molecule has 0 spiro atoms. The summed E-state index contributed by atoms with van der Waals surface area (Å²) in [7, 11) is 0. The van der Waals surface area contributed by atoms with Gasteiger partial charge in [0.2, 0.25) is 0 Å². The molecule has 0 radical (unpaired) electrons. The zero-order chi connectivity index (χ0) is 20.1. The third-order valence-electron chi connectivity index (χ3n) is 4.98. The van der Waals surface area contributed by atoms with Crippen LogP contribution >= 0.6 is 0 Å². The summed E-state index contributed by atoms with van der Waals surface area (Å²) in [6, 6.07) is 18.6. The van der Waals surface area contributed by atoms with E-state index >= 15 is 0 Å². The summed E-state index contributed by atoms with van der Waals surface area (Å²) in [6.07, 6.45) is 5.38. The molecular formula is C23H25N5O. The van der Waals surface area contributed by atoms with Gasteiger partial charge >= 0.3 is 0 Å². The van der Waals surface area contributed by atoms with Gasteiger partial charge in [-0.1, -0.05) is 42.5 Å². The molecule has 0 amide bonds. The van der Waals surface area contributed by atoms with Crippen LogP contribution in [0.2, 0.25) is 0 Å². The lowest BCUT2D eigenvalue weighted by atomic mass is 10.1. The highest BCUT2D eigenvalue weighted by Gasteiger charge is 2.16. The minimum Gasteiger partial charge on any atom is -0.396 e. The number of rotatable bonds is 8. The first-order valence-corrected chi connectivity index (χ1v) is 9.86. The number of nitrogens with zero attached hydrogens (tertiary/aromatic N) is 3. The number of hydrogen-bond donors (Lipinski definition) is 3. The zero-order valence-electron chi connectivity index (χ0n) is 16.3. The number of unbranched alkanes of at least 4 members (excludes halogenated alkanes) is 1. The molecule has 0 aliphatic rings. The van der Waals surface area contributed by atoms with Crippen LogP contribution in [0.15, 0.2) is 67.1 Å². The van der Waals surface area contributed by atoms with Gasteiger partial charge in [0.25, 0.3) is 0 Å². The minimum absolute atomic E-state index is 0.243. The van der Waals surface area contributed by atoms with Crippen molar-refractivity contribution in [3.8, 4) is 16.8 Å². The Hall–Kier alpha value is -3.22. The largest absolute Gasteiger partial charge is 0.396 e. The first-order chi connectivity index (χ1) is 14.3. The van der Waals surface area contributed by atoms with Crippen molar-refractivity contribution in [2.24, 2.45) is 0 Å². The summed E-state index contributed by atoms with van der Waals surface area (Å²) < 4.78 is 2.07. The van der Waals surface area contributed by atoms with Crippen LogP contribution in [0.5, 0.6) is 0 Å². The fraction of sp³-hybridized carbons (Fsp3) is 0.217. The lowest BCUT2D eigenvalue weighted by Gasteiger charge is -2.09. The van der Waals surface area contributed by atoms with Crippen LogP contribution in [0.4, 0.5) is 5.82 Å². The van der Waals surface area contributed by atoms with Crippen molar-refractivity contribution in [2.45, 2.75) is 19.4 Å². The van der Waals surface area contributed by atoms with E-state index in [2.05, 4.69) is 62.4 Å². The molecule has 4 rings (SSSR count). The molecule has 6 heteroatoms. The summed E-state index contributed by atoms with van der Waals surface area (Å²) >= 11 is 0. The summed E-state index contributed by atoms with van der Waals surface area (Å²) in [5.41, 5.74) is 11.4. The lowest BCUT2D eigenvalue weighted by Crippen LogP contribution is -2.15. The maximum absolute atomic E-state index is 8.89. The Balaban J connectivity index is 1.70. The molecule has 148 valence electrons. The number of aliphatic hydroxyl groups excluding tert-OH is 1. The molecule has 0 fully saturated rings. The summed E-state index contributed by atoms with van der Waals surface area (Å²) in [5.74, 6) is 0.481. The Kier molecular flexibility index (Phi) is 5.84. The molecule has 0 bridgehead atoms. The Morgan fingerprint density at radius 1 is 1.00 bits per heavy atom. The number of fused-ring (bicyclic) bond motifs is 1. The van der Waals surface area contributed by atoms with Crippen LogP contribution in [-0.2, 0) is 6.54 Å². The molecule has 0 aliphatic heterocycles. The van der Waals surface area contributed by atoms with Crippen molar-refractivity contribution in [1.29, 1.82) is 0 Å². The molecule has 0 saturated carbocycles. The lowest BCUT2D eigenvalue weighted by molar-refractivity contribution is 0.283. The van der Waals surface area contributed by atoms with Crippen LogP contribution in [0, 0.1) is 0 Å². The van der Waals surface area contributed by atoms with Crippen molar-refractivity contribution < 1.29 is 5.11 Å². The smallest absolute Gasteiger partial charge is 0.150 e. The second kappa shape index (κ2) is 8.86. The predicted molar refractivity (Wildman–Crippen MR) is 117 cm³/mol. The van der Waals surface area contributed by atoms with Crippen molar-refractivity contribution >= 4 is 16.9 Å². The number of nitrogens with one attached hydrogen (secondary N) is 1. The van der Waals surface area contributed by atoms with Crippen LogP contribution < -0.4 is 11.1 Å². The highest BCUT2D eigenvalue weighted by molar-refractivity contribution is 6.01. The Bertz CT molecular complexity index is 1090. The summed E-state index contributed by atoms with van der Waals surface area (Å²) in [5, 5.41) is 13.2. The molecule has 0 saturated heterocycles. The average Bonchev–Trinajstić information content (AvgIpc) is 3.16. The van der Waals surface area contributed by atoms with Gasteiger partial charge in [-0.3, -0.25) is 0 Å². The molecule has 2 aromatic heterocycles. The fourth-order valence-corrected chi connectivity index (χ4v) is 3.53. The van der Waals surface area contributed by atoms with Crippen LogP contribution in [0.25, 0.3) is 27.8 Å². The van der Waals surface area contributed by atoms with Crippen molar-refractivity contribution in [3.05, 3.63) is 72.7 Å². The maximum Gasteiger partial charge on any atom is 0.150 e. The first kappa shape index (κ1) is 19.1. The number of hydrogen-bond acceptors (Lipinski definition) is 5. The number of aliphatic hydroxyl groups is 1. The van der Waals surface area contributed by atoms with Crippen LogP contribution in [0.1, 0.15) is 18.4 Å². The van der Waals surface area contributed by atoms with Gasteiger partial charge in [0.15, 0.2) is 5.65 Å². The van der Waals surface area contributed by atoms with E-state index < -0.39 is 0 Å². The fourth-order valence-electron chi connectivity index (χ4n) is 3.53. The highest BCUT2D eigenvalue weighted by atomic mass is 16.2. The van der Waals surface area contributed by atoms with E-state index in [-0.39, 0.29) is 6.61 Å². The van der Waals surface area contributed by atoms with Gasteiger partial charge in [0.1, 0.15) is 12.1 Å². The number of aromatic nitrogens is 3. The van der Waals surface area contributed by atoms with Gasteiger partial charge in [-0.05, 0) is 42.6 Å². The van der Waals surface area contributed by atoms with Gasteiger partial charge in [-0.15, -0.1) is 0 Å². The SMILES string of the molecule is Nc1ncnc2c1c(-c1ccccc1)cn2-c1cccc(CNCCCCO)c1. The van der Waals surface area contributed by atoms with E-state index in [1.807, 2.05) is 18.2 Å². The number of anilines is 1. The second-order valence-corrected chi connectivity index (χ2v) is 7.01. The van der Waals surface area contributed by atoms with Crippen LogP contribution in [0.3, 0.4) is 0 Å². The normalized spacial score (nSPS) is 11.2. The molecule has 6 nitrogen and oxygen atoms in total. The second-order valence-electron chi connectivity index (χ2n) is 7.01. The van der Waals surface area contributed by atoms with Gasteiger partial charge in [-0.25, -0.2) is 9.97 Å². The third kappa shape index (κ3) is 4.13. The number of nitrogens with two attached hydrogens (primary N) is 1. The van der Waals surface area contributed by atoms with Gasteiger partial charge in [0.05, 0.1) is 5.39 Å². The molecule has 0 aliphatic carbocycles. The van der Waals surface area contributed by atoms with Gasteiger partial charge in [-0.2, -0.15) is 0 Å². The molecule has 2 aromatic carbocycles. The molecule has 4 aromatic rings. The standard InChI is InChI=1S/C23H25N5O/c24-22-21-20(18-8-2-1-3-9-18)15-28(23(21)27-16-26-22)19-10-6-7-17(13-19)14-25-11-4-5-12-29/h1-3,6-10,13,15-16,25,29H,4-5,11-12,14H2,(H2,24,26,27). The van der Waals surface area contributed by atoms with E-state index in [0.717, 1.165) is 53.8 Å². The Labute approximate surface area is 170 Å². The first-order valence-electron chi connectivity index (χ1n) is 9.86. The molecule has 0 atom stereocenters. The topological polar surface area (TPSA) is 89.0 Å². The Morgan fingerprint density at radius 2 is 1.86 bits per heavy atom. The van der Waals surface area contributed by atoms with E-state index in [0.29, 0.717) is 5.82 Å². The molecule has 29 heavy (non-hydrogen) atoms. The molecule has 4 N–H and O–H groups in total. The average molecular weight is 387 g/mol. The quantitative estimate of drug-likeness (QED) is 0.403. The van der Waals surface area contributed by atoms with E-state index in [9.17, 15) is 0 Å². The number of benzene rings is 2. The monoisotopic (exact) mass is 387 g/mol. The Morgan fingerprint density at radius 3 is 2.69 bits per heavy atom. The number of nitrogen functional groups attached to an aromatic ring is 1. The minimum atomic E-state index is 0.243. The molecule has 0 unspecified atom stereocenters. The predicted octanol–water partition coefficient (Wildman–Crippen LogP) is 3.53. The van der Waals surface area contributed by atoms with E-state index in [1.54, 1.807) is 0 Å². The zero-order valence-corrected chi connectivity index (χ0v) is 16.3. The summed E-state index contributed by atoms with van der Waals surface area (Å²) in [6.45, 7) is 1.91. The maximum atomic E-state index is 8.89. The van der Waals surface area contributed by atoms with E-state index in [1.165, 1.54) is 11.9 Å². The van der Waals surface area contributed by atoms with Gasteiger partial charge in [0, 0.05) is 30.6 Å². The molecule has 2 heterocycles. The van der Waals surface area contributed by atoms with Crippen molar-refractivity contribution in [1.82, 2.24) is 19.9 Å². The highest BCUT2D eigenvalue weighted by Crippen LogP contribution is 2.34. The third-order valence-corrected chi connectivity index (χ3v) is 4.98. The van der Waals surface area contributed by atoms with Crippen molar-refractivity contribution in [3.63, 3.8) is 0 Å². The van der Waals surface area contributed by atoms with Crippen molar-refractivity contribution in [2.75, 3.05) is 18.9 Å². The van der Waals surface area contributed by atoms with E-state index in [4.69, 9.17) is 10.8 Å². The van der Waals surface area contributed by atoms with Crippen LogP contribution in [-0.4, -0.2) is 32.8 Å².